The largest absolute Gasteiger partial charge is 0.371 e. The van der Waals surface area contributed by atoms with Gasteiger partial charge in [-0.05, 0) is 31.4 Å². The molecule has 2 heterocycles. The summed E-state index contributed by atoms with van der Waals surface area (Å²) in [4.78, 5) is 2.49. The molecular formula is C15H19N3. The van der Waals surface area contributed by atoms with Crippen LogP contribution in [0.4, 0.5) is 5.69 Å². The van der Waals surface area contributed by atoms with Gasteiger partial charge in [-0.2, -0.15) is 5.10 Å². The van der Waals surface area contributed by atoms with Gasteiger partial charge in [0.05, 0.1) is 5.52 Å². The molecule has 0 aliphatic carbocycles. The number of aromatic nitrogens is 2. The number of benzene rings is 1. The highest BCUT2D eigenvalue weighted by atomic mass is 15.2. The van der Waals surface area contributed by atoms with Crippen LogP contribution >= 0.6 is 0 Å². The first-order valence-corrected chi connectivity index (χ1v) is 6.72. The number of rotatable bonds is 3. The molecule has 0 atom stereocenters. The molecule has 1 fully saturated rings. The van der Waals surface area contributed by atoms with Crippen LogP contribution in [0, 0.1) is 0 Å². The maximum Gasteiger partial charge on any atom is 0.0944 e. The molecule has 0 amide bonds. The van der Waals surface area contributed by atoms with Crippen LogP contribution in [0.25, 0.3) is 10.9 Å². The second-order valence-corrected chi connectivity index (χ2v) is 4.91. The lowest BCUT2D eigenvalue weighted by Gasteiger charge is -2.29. The number of hydrogen-bond donors (Lipinski definition) is 1. The van der Waals surface area contributed by atoms with Gasteiger partial charge >= 0.3 is 0 Å². The number of hydrogen-bond acceptors (Lipinski definition) is 2. The normalized spacial score (nSPS) is 16.1. The Morgan fingerprint density at radius 1 is 1.28 bits per heavy atom. The molecule has 0 unspecified atom stereocenters. The van der Waals surface area contributed by atoms with Crippen molar-refractivity contribution in [2.75, 3.05) is 18.0 Å². The zero-order valence-corrected chi connectivity index (χ0v) is 10.7. The molecule has 1 aliphatic heterocycles. The summed E-state index contributed by atoms with van der Waals surface area (Å²) < 4.78 is 0. The van der Waals surface area contributed by atoms with Gasteiger partial charge in [0.2, 0.25) is 0 Å². The molecule has 1 saturated heterocycles. The van der Waals surface area contributed by atoms with Crippen molar-refractivity contribution in [1.29, 1.82) is 0 Å². The maximum absolute atomic E-state index is 4.39. The number of aromatic amines is 1. The van der Waals surface area contributed by atoms with Crippen LogP contribution < -0.4 is 4.90 Å². The first-order valence-electron chi connectivity index (χ1n) is 6.72. The van der Waals surface area contributed by atoms with E-state index < -0.39 is 0 Å². The zero-order chi connectivity index (χ0) is 12.4. The third-order valence-corrected chi connectivity index (χ3v) is 3.68. The molecule has 3 heteroatoms. The zero-order valence-electron chi connectivity index (χ0n) is 10.7. The molecule has 1 aromatic heterocycles. The molecule has 0 saturated carbocycles. The van der Waals surface area contributed by atoms with Crippen LogP contribution in [0.5, 0.6) is 0 Å². The summed E-state index contributed by atoms with van der Waals surface area (Å²) in [5, 5.41) is 8.82. The summed E-state index contributed by atoms with van der Waals surface area (Å²) in [5.74, 6) is 0. The Balaban J connectivity index is 2.08. The smallest absolute Gasteiger partial charge is 0.0944 e. The SMILES string of the molecule is C=CCc1[nH]nc2cccc(N3CCCCC3)c12. The standard InChI is InChI=1S/C15H19N3/c1-2-7-12-15-13(17-16-12)8-6-9-14(15)18-10-4-3-5-11-18/h2,6,8-9H,1,3-5,7,10-11H2,(H,16,17). The van der Waals surface area contributed by atoms with Gasteiger partial charge < -0.3 is 4.90 Å². The van der Waals surface area contributed by atoms with Crippen molar-refractivity contribution in [2.45, 2.75) is 25.7 Å². The summed E-state index contributed by atoms with van der Waals surface area (Å²) in [6.07, 6.45) is 6.73. The number of anilines is 1. The second kappa shape index (κ2) is 4.84. The molecule has 3 rings (SSSR count). The van der Waals surface area contributed by atoms with E-state index in [1.165, 1.54) is 36.0 Å². The molecular weight excluding hydrogens is 222 g/mol. The lowest BCUT2D eigenvalue weighted by Crippen LogP contribution is -2.29. The van der Waals surface area contributed by atoms with Gasteiger partial charge in [0.25, 0.3) is 0 Å². The lowest BCUT2D eigenvalue weighted by atomic mass is 10.1. The molecule has 2 aromatic rings. The number of allylic oxidation sites excluding steroid dienone is 1. The van der Waals surface area contributed by atoms with Crippen molar-refractivity contribution in [3.63, 3.8) is 0 Å². The number of nitrogens with zero attached hydrogens (tertiary/aromatic N) is 2. The molecule has 1 aromatic carbocycles. The highest BCUT2D eigenvalue weighted by Gasteiger charge is 2.16. The fraction of sp³-hybridized carbons (Fsp3) is 0.400. The number of piperidine rings is 1. The van der Waals surface area contributed by atoms with Gasteiger partial charge in [0.1, 0.15) is 0 Å². The highest BCUT2D eigenvalue weighted by Crippen LogP contribution is 2.30. The summed E-state index contributed by atoms with van der Waals surface area (Å²) >= 11 is 0. The first-order chi connectivity index (χ1) is 8.90. The Morgan fingerprint density at radius 2 is 2.11 bits per heavy atom. The van der Waals surface area contributed by atoms with Crippen LogP contribution in [-0.2, 0) is 6.42 Å². The fourth-order valence-electron chi connectivity index (χ4n) is 2.80. The number of fused-ring (bicyclic) bond motifs is 1. The van der Waals surface area contributed by atoms with Crippen LogP contribution in [0.3, 0.4) is 0 Å². The summed E-state index contributed by atoms with van der Waals surface area (Å²) in [5.41, 5.74) is 3.58. The van der Waals surface area contributed by atoms with Crippen LogP contribution in [0.2, 0.25) is 0 Å². The van der Waals surface area contributed by atoms with Crippen molar-refractivity contribution in [1.82, 2.24) is 10.2 Å². The van der Waals surface area contributed by atoms with Gasteiger partial charge in [0, 0.05) is 36.3 Å². The van der Waals surface area contributed by atoms with E-state index in [1.807, 2.05) is 6.08 Å². The monoisotopic (exact) mass is 241 g/mol. The fourth-order valence-corrected chi connectivity index (χ4v) is 2.80. The third kappa shape index (κ3) is 1.90. The van der Waals surface area contributed by atoms with Crippen molar-refractivity contribution < 1.29 is 0 Å². The summed E-state index contributed by atoms with van der Waals surface area (Å²) in [7, 11) is 0. The molecule has 3 nitrogen and oxygen atoms in total. The van der Waals surface area contributed by atoms with Crippen molar-refractivity contribution in [3.8, 4) is 0 Å². The van der Waals surface area contributed by atoms with E-state index in [0.717, 1.165) is 25.0 Å². The van der Waals surface area contributed by atoms with Gasteiger partial charge in [-0.25, -0.2) is 0 Å². The Kier molecular flexibility index (Phi) is 3.05. The van der Waals surface area contributed by atoms with E-state index >= 15 is 0 Å². The minimum absolute atomic E-state index is 0.849. The van der Waals surface area contributed by atoms with Gasteiger partial charge in [-0.1, -0.05) is 12.1 Å². The van der Waals surface area contributed by atoms with Crippen LogP contribution in [-0.4, -0.2) is 23.3 Å². The molecule has 94 valence electrons. The Labute approximate surface area is 107 Å². The van der Waals surface area contributed by atoms with Gasteiger partial charge in [-0.3, -0.25) is 5.10 Å². The average molecular weight is 241 g/mol. The van der Waals surface area contributed by atoms with E-state index in [0.29, 0.717) is 0 Å². The van der Waals surface area contributed by atoms with Crippen molar-refractivity contribution >= 4 is 16.6 Å². The molecule has 0 bridgehead atoms. The van der Waals surface area contributed by atoms with E-state index in [4.69, 9.17) is 0 Å². The Morgan fingerprint density at radius 3 is 2.89 bits per heavy atom. The lowest BCUT2D eigenvalue weighted by molar-refractivity contribution is 0.579. The van der Waals surface area contributed by atoms with E-state index in [-0.39, 0.29) is 0 Å². The van der Waals surface area contributed by atoms with Crippen LogP contribution in [0.15, 0.2) is 30.9 Å². The predicted octanol–water partition coefficient (Wildman–Crippen LogP) is 3.28. The van der Waals surface area contributed by atoms with Crippen molar-refractivity contribution in [3.05, 3.63) is 36.5 Å². The molecule has 0 radical (unpaired) electrons. The number of nitrogens with one attached hydrogen (secondary N) is 1. The topological polar surface area (TPSA) is 31.9 Å². The third-order valence-electron chi connectivity index (χ3n) is 3.68. The minimum atomic E-state index is 0.849. The maximum atomic E-state index is 4.39. The van der Waals surface area contributed by atoms with Gasteiger partial charge in [-0.15, -0.1) is 6.58 Å². The summed E-state index contributed by atoms with van der Waals surface area (Å²) in [6, 6.07) is 6.40. The Hall–Kier alpha value is -1.77. The minimum Gasteiger partial charge on any atom is -0.371 e. The average Bonchev–Trinajstić information content (AvgIpc) is 2.84. The highest BCUT2D eigenvalue weighted by molar-refractivity contribution is 5.94. The molecule has 1 N–H and O–H groups in total. The van der Waals surface area contributed by atoms with E-state index in [9.17, 15) is 0 Å². The Bertz CT molecular complexity index is 550. The summed E-state index contributed by atoms with van der Waals surface area (Å²) in [6.45, 7) is 6.15. The van der Waals surface area contributed by atoms with Crippen LogP contribution in [0.1, 0.15) is 25.0 Å². The predicted molar refractivity (Wildman–Crippen MR) is 76.1 cm³/mol. The van der Waals surface area contributed by atoms with E-state index in [1.54, 1.807) is 0 Å². The number of H-pyrrole nitrogens is 1. The first kappa shape index (κ1) is 11.3. The van der Waals surface area contributed by atoms with E-state index in [2.05, 4.69) is 39.9 Å². The van der Waals surface area contributed by atoms with Gasteiger partial charge in [0.15, 0.2) is 0 Å². The molecule has 0 spiro atoms. The molecule has 1 aliphatic rings. The quantitative estimate of drug-likeness (QED) is 0.836. The second-order valence-electron chi connectivity index (χ2n) is 4.91. The van der Waals surface area contributed by atoms with Crippen molar-refractivity contribution in [2.24, 2.45) is 0 Å². The molecule has 18 heavy (non-hydrogen) atoms.